The average Bonchev–Trinajstić information content (AvgIpc) is 2.45. The predicted octanol–water partition coefficient (Wildman–Crippen LogP) is 1.98. The van der Waals surface area contributed by atoms with Crippen molar-refractivity contribution >= 4 is 5.78 Å². The first-order chi connectivity index (χ1) is 9.21. The second kappa shape index (κ2) is 8.58. The van der Waals surface area contributed by atoms with Gasteiger partial charge in [0.1, 0.15) is 0 Å². The van der Waals surface area contributed by atoms with Gasteiger partial charge in [0.25, 0.3) is 0 Å². The molecule has 4 nitrogen and oxygen atoms in total. The molecule has 0 heterocycles. The Labute approximate surface area is 114 Å². The molecule has 4 heteroatoms. The Balaban J connectivity index is 2.62. The summed E-state index contributed by atoms with van der Waals surface area (Å²) in [6, 6.07) is 9.25. The SMILES string of the molecule is C=CCN(CC(=O)c1ccccc1)CC(OC)OC. The fourth-order valence-electron chi connectivity index (χ4n) is 1.76. The number of nitrogens with zero attached hydrogens (tertiary/aromatic N) is 1. The van der Waals surface area contributed by atoms with Crippen LogP contribution >= 0.6 is 0 Å². The lowest BCUT2D eigenvalue weighted by molar-refractivity contribution is -0.114. The van der Waals surface area contributed by atoms with Crippen LogP contribution in [0.4, 0.5) is 0 Å². The molecule has 0 spiro atoms. The van der Waals surface area contributed by atoms with Crippen molar-refractivity contribution in [2.75, 3.05) is 33.9 Å². The zero-order chi connectivity index (χ0) is 14.1. The van der Waals surface area contributed by atoms with Gasteiger partial charge >= 0.3 is 0 Å². The van der Waals surface area contributed by atoms with Crippen molar-refractivity contribution < 1.29 is 14.3 Å². The van der Waals surface area contributed by atoms with Crippen molar-refractivity contribution in [1.29, 1.82) is 0 Å². The summed E-state index contributed by atoms with van der Waals surface area (Å²) in [5.41, 5.74) is 0.711. The topological polar surface area (TPSA) is 38.8 Å². The third-order valence-corrected chi connectivity index (χ3v) is 2.78. The molecule has 1 aromatic rings. The van der Waals surface area contributed by atoms with Gasteiger partial charge in [-0.2, -0.15) is 0 Å². The number of ketones is 1. The van der Waals surface area contributed by atoms with Crippen LogP contribution in [-0.4, -0.2) is 50.8 Å². The highest BCUT2D eigenvalue weighted by Crippen LogP contribution is 2.04. The van der Waals surface area contributed by atoms with Crippen molar-refractivity contribution in [1.82, 2.24) is 4.90 Å². The van der Waals surface area contributed by atoms with Gasteiger partial charge in [0.05, 0.1) is 13.1 Å². The first-order valence-corrected chi connectivity index (χ1v) is 6.18. The highest BCUT2D eigenvalue weighted by atomic mass is 16.7. The summed E-state index contributed by atoms with van der Waals surface area (Å²) in [5, 5.41) is 0. The Bertz CT molecular complexity index is 388. The largest absolute Gasteiger partial charge is 0.355 e. The van der Waals surface area contributed by atoms with Crippen LogP contribution in [0.2, 0.25) is 0 Å². The molecular formula is C15H21NO3. The zero-order valence-electron chi connectivity index (χ0n) is 11.5. The monoisotopic (exact) mass is 263 g/mol. The summed E-state index contributed by atoms with van der Waals surface area (Å²) < 4.78 is 10.3. The molecule has 0 amide bonds. The fraction of sp³-hybridized carbons (Fsp3) is 0.400. The van der Waals surface area contributed by atoms with E-state index in [1.54, 1.807) is 20.3 Å². The summed E-state index contributed by atoms with van der Waals surface area (Å²) in [6.07, 6.45) is 1.42. The molecule has 0 unspecified atom stereocenters. The Morgan fingerprint density at radius 1 is 1.32 bits per heavy atom. The maximum Gasteiger partial charge on any atom is 0.176 e. The first-order valence-electron chi connectivity index (χ1n) is 6.18. The number of carbonyl (C=O) groups is 1. The van der Waals surface area contributed by atoms with E-state index in [2.05, 4.69) is 6.58 Å². The van der Waals surface area contributed by atoms with Gasteiger partial charge in [-0.05, 0) is 0 Å². The van der Waals surface area contributed by atoms with Gasteiger partial charge in [-0.25, -0.2) is 0 Å². The third kappa shape index (κ3) is 5.34. The molecule has 0 aliphatic carbocycles. The molecule has 0 saturated carbocycles. The lowest BCUT2D eigenvalue weighted by atomic mass is 10.1. The maximum absolute atomic E-state index is 12.1. The molecule has 0 aromatic heterocycles. The van der Waals surface area contributed by atoms with E-state index in [1.165, 1.54) is 0 Å². The number of benzene rings is 1. The molecular weight excluding hydrogens is 242 g/mol. The molecule has 0 aliphatic rings. The van der Waals surface area contributed by atoms with Crippen LogP contribution in [0.5, 0.6) is 0 Å². The molecule has 0 radical (unpaired) electrons. The summed E-state index contributed by atoms with van der Waals surface area (Å²) in [5.74, 6) is 0.0772. The van der Waals surface area contributed by atoms with Crippen molar-refractivity contribution in [2.24, 2.45) is 0 Å². The van der Waals surface area contributed by atoms with E-state index >= 15 is 0 Å². The number of Topliss-reactive ketones (excluding diaryl/α,β-unsaturated/α-hetero) is 1. The number of methoxy groups -OCH3 is 2. The predicted molar refractivity (Wildman–Crippen MR) is 75.2 cm³/mol. The van der Waals surface area contributed by atoms with Crippen molar-refractivity contribution in [3.8, 4) is 0 Å². The van der Waals surface area contributed by atoms with Gasteiger partial charge < -0.3 is 9.47 Å². The minimum atomic E-state index is -0.344. The molecule has 0 bridgehead atoms. The van der Waals surface area contributed by atoms with Gasteiger partial charge in [-0.3, -0.25) is 9.69 Å². The second-order valence-corrected chi connectivity index (χ2v) is 4.17. The van der Waals surface area contributed by atoms with Gasteiger partial charge in [0, 0.05) is 26.3 Å². The Morgan fingerprint density at radius 2 is 1.95 bits per heavy atom. The van der Waals surface area contributed by atoms with E-state index in [4.69, 9.17) is 9.47 Å². The minimum absolute atomic E-state index is 0.0772. The first kappa shape index (κ1) is 15.6. The molecule has 0 N–H and O–H groups in total. The number of hydrogen-bond donors (Lipinski definition) is 0. The van der Waals surface area contributed by atoms with Crippen LogP contribution in [0.1, 0.15) is 10.4 Å². The number of hydrogen-bond acceptors (Lipinski definition) is 4. The summed E-state index contributed by atoms with van der Waals surface area (Å²) in [6.45, 7) is 5.16. The molecule has 0 saturated heterocycles. The molecule has 0 atom stereocenters. The van der Waals surface area contributed by atoms with Gasteiger partial charge in [0.2, 0.25) is 0 Å². The quantitative estimate of drug-likeness (QED) is 0.388. The van der Waals surface area contributed by atoms with E-state index in [0.717, 1.165) is 0 Å². The van der Waals surface area contributed by atoms with Crippen molar-refractivity contribution in [2.45, 2.75) is 6.29 Å². The number of ether oxygens (including phenoxy) is 2. The van der Waals surface area contributed by atoms with Crippen LogP contribution in [0, 0.1) is 0 Å². The highest BCUT2D eigenvalue weighted by molar-refractivity contribution is 5.97. The van der Waals surface area contributed by atoms with Crippen LogP contribution in [0.3, 0.4) is 0 Å². The Kier molecular flexibility index (Phi) is 7.03. The van der Waals surface area contributed by atoms with Crippen LogP contribution < -0.4 is 0 Å². The van der Waals surface area contributed by atoms with Crippen LogP contribution in [0.15, 0.2) is 43.0 Å². The lowest BCUT2D eigenvalue weighted by Crippen LogP contribution is -2.38. The lowest BCUT2D eigenvalue weighted by Gasteiger charge is -2.24. The Morgan fingerprint density at radius 3 is 2.47 bits per heavy atom. The van der Waals surface area contributed by atoms with Crippen molar-refractivity contribution in [3.05, 3.63) is 48.6 Å². The molecule has 1 rings (SSSR count). The average molecular weight is 263 g/mol. The van der Waals surface area contributed by atoms with Crippen LogP contribution in [0.25, 0.3) is 0 Å². The zero-order valence-corrected chi connectivity index (χ0v) is 11.5. The normalized spacial score (nSPS) is 10.9. The molecule has 19 heavy (non-hydrogen) atoms. The van der Waals surface area contributed by atoms with Crippen LogP contribution in [-0.2, 0) is 9.47 Å². The molecule has 1 aromatic carbocycles. The van der Waals surface area contributed by atoms with E-state index in [0.29, 0.717) is 25.2 Å². The molecule has 0 aliphatic heterocycles. The third-order valence-electron chi connectivity index (χ3n) is 2.78. The van der Waals surface area contributed by atoms with E-state index < -0.39 is 0 Å². The van der Waals surface area contributed by atoms with Gasteiger partial charge in [-0.15, -0.1) is 6.58 Å². The summed E-state index contributed by atoms with van der Waals surface area (Å²) in [4.78, 5) is 14.1. The second-order valence-electron chi connectivity index (χ2n) is 4.17. The Hall–Kier alpha value is -1.49. The van der Waals surface area contributed by atoms with Gasteiger partial charge in [0.15, 0.2) is 12.1 Å². The smallest absolute Gasteiger partial charge is 0.176 e. The molecule has 0 fully saturated rings. The van der Waals surface area contributed by atoms with E-state index in [1.807, 2.05) is 35.2 Å². The molecule has 104 valence electrons. The summed E-state index contributed by atoms with van der Waals surface area (Å²) in [7, 11) is 3.17. The number of rotatable bonds is 9. The van der Waals surface area contributed by atoms with Gasteiger partial charge in [-0.1, -0.05) is 36.4 Å². The summed E-state index contributed by atoms with van der Waals surface area (Å²) >= 11 is 0. The minimum Gasteiger partial charge on any atom is -0.355 e. The standard InChI is InChI=1S/C15H21NO3/c1-4-10-16(12-15(18-2)19-3)11-14(17)13-8-6-5-7-9-13/h4-9,15H,1,10-12H2,2-3H3. The maximum atomic E-state index is 12.1. The van der Waals surface area contributed by atoms with E-state index in [-0.39, 0.29) is 12.1 Å². The highest BCUT2D eigenvalue weighted by Gasteiger charge is 2.15. The fourth-order valence-corrected chi connectivity index (χ4v) is 1.76. The number of carbonyl (C=O) groups excluding carboxylic acids is 1. The van der Waals surface area contributed by atoms with E-state index in [9.17, 15) is 4.79 Å². The van der Waals surface area contributed by atoms with Crippen molar-refractivity contribution in [3.63, 3.8) is 0 Å².